The normalized spacial score (nSPS) is 15.7. The van der Waals surface area contributed by atoms with Crippen molar-refractivity contribution < 1.29 is 14.3 Å². The highest BCUT2D eigenvalue weighted by molar-refractivity contribution is 8.00. The minimum absolute atomic E-state index is 0.173. The van der Waals surface area contributed by atoms with Gasteiger partial charge in [0.2, 0.25) is 0 Å². The van der Waals surface area contributed by atoms with Crippen LogP contribution in [0.25, 0.3) is 10.2 Å². The second-order valence-corrected chi connectivity index (χ2v) is 9.47. The number of unbranched alkanes of at least 4 members (excludes halogenated alkanes) is 2. The van der Waals surface area contributed by atoms with Gasteiger partial charge >= 0.3 is 5.97 Å². The number of esters is 1. The fourth-order valence-electron chi connectivity index (χ4n) is 3.12. The summed E-state index contributed by atoms with van der Waals surface area (Å²) in [4.78, 5) is 23.8. The SMILES string of the molecule is CCCCCOC(=O)CSc1nc(CC)nc2sc3c(c12)CC(C)(C)OC3. The van der Waals surface area contributed by atoms with Crippen LogP contribution in [0.4, 0.5) is 0 Å². The number of aromatic nitrogens is 2. The highest BCUT2D eigenvalue weighted by Crippen LogP contribution is 2.41. The van der Waals surface area contributed by atoms with E-state index in [1.165, 1.54) is 22.2 Å². The Balaban J connectivity index is 1.81. The van der Waals surface area contributed by atoms with Gasteiger partial charge in [0.25, 0.3) is 0 Å². The summed E-state index contributed by atoms with van der Waals surface area (Å²) in [5, 5.41) is 2.00. The molecule has 7 heteroatoms. The second kappa shape index (κ2) is 8.88. The third-order valence-corrected chi connectivity index (χ3v) is 6.65. The monoisotopic (exact) mass is 408 g/mol. The Labute approximate surface area is 169 Å². The standard InChI is InChI=1S/C20H28N2O3S2/c1-5-7-8-9-24-16(23)12-26-18-17-13-10-20(3,4)25-11-14(13)27-19(17)22-15(6-2)21-18/h5-12H2,1-4H3. The van der Waals surface area contributed by atoms with Crippen molar-refractivity contribution >= 4 is 39.3 Å². The van der Waals surface area contributed by atoms with Crippen molar-refractivity contribution in [3.8, 4) is 0 Å². The molecule has 0 atom stereocenters. The van der Waals surface area contributed by atoms with Gasteiger partial charge in [-0.2, -0.15) is 0 Å². The number of carbonyl (C=O) groups excluding carboxylic acids is 1. The van der Waals surface area contributed by atoms with E-state index in [1.807, 2.05) is 0 Å². The number of hydrogen-bond acceptors (Lipinski definition) is 7. The van der Waals surface area contributed by atoms with Crippen molar-refractivity contribution in [1.29, 1.82) is 0 Å². The molecule has 0 unspecified atom stereocenters. The number of nitrogens with zero attached hydrogens (tertiary/aromatic N) is 2. The molecule has 0 N–H and O–H groups in total. The van der Waals surface area contributed by atoms with Gasteiger partial charge in [-0.25, -0.2) is 9.97 Å². The van der Waals surface area contributed by atoms with E-state index < -0.39 is 0 Å². The molecule has 0 saturated heterocycles. The predicted molar refractivity (Wildman–Crippen MR) is 111 cm³/mol. The molecule has 3 rings (SSSR count). The topological polar surface area (TPSA) is 61.3 Å². The summed E-state index contributed by atoms with van der Waals surface area (Å²) in [7, 11) is 0. The highest BCUT2D eigenvalue weighted by atomic mass is 32.2. The molecule has 1 aliphatic rings. The van der Waals surface area contributed by atoms with Crippen molar-refractivity contribution in [3.63, 3.8) is 0 Å². The van der Waals surface area contributed by atoms with E-state index in [-0.39, 0.29) is 17.3 Å². The molecule has 0 saturated carbocycles. The molecule has 0 fully saturated rings. The van der Waals surface area contributed by atoms with E-state index in [0.717, 1.165) is 53.2 Å². The fraction of sp³-hybridized carbons (Fsp3) is 0.650. The predicted octanol–water partition coefficient (Wildman–Crippen LogP) is 4.93. The Morgan fingerprint density at radius 3 is 2.85 bits per heavy atom. The number of aryl methyl sites for hydroxylation is 1. The van der Waals surface area contributed by atoms with E-state index in [1.54, 1.807) is 11.3 Å². The molecular formula is C20H28N2O3S2. The van der Waals surface area contributed by atoms with Crippen LogP contribution < -0.4 is 0 Å². The van der Waals surface area contributed by atoms with Gasteiger partial charge in [0.15, 0.2) is 0 Å². The van der Waals surface area contributed by atoms with Crippen molar-refractivity contribution in [2.75, 3.05) is 12.4 Å². The molecule has 0 radical (unpaired) electrons. The first-order chi connectivity index (χ1) is 12.9. The van der Waals surface area contributed by atoms with Gasteiger partial charge in [0.05, 0.1) is 24.6 Å². The smallest absolute Gasteiger partial charge is 0.316 e. The summed E-state index contributed by atoms with van der Waals surface area (Å²) in [5.74, 6) is 0.931. The number of ether oxygens (including phenoxy) is 2. The van der Waals surface area contributed by atoms with Crippen LogP contribution in [0.3, 0.4) is 0 Å². The third kappa shape index (κ3) is 5.00. The van der Waals surface area contributed by atoms with Crippen LogP contribution in [0, 0.1) is 0 Å². The molecule has 0 aliphatic carbocycles. The molecule has 27 heavy (non-hydrogen) atoms. The Hall–Kier alpha value is -1.18. The van der Waals surface area contributed by atoms with Crippen LogP contribution in [0.2, 0.25) is 0 Å². The van der Waals surface area contributed by atoms with Gasteiger partial charge in [0, 0.05) is 23.1 Å². The van der Waals surface area contributed by atoms with Gasteiger partial charge in [-0.3, -0.25) is 4.79 Å². The Morgan fingerprint density at radius 2 is 2.11 bits per heavy atom. The first-order valence-corrected chi connectivity index (χ1v) is 11.5. The first kappa shape index (κ1) is 20.6. The lowest BCUT2D eigenvalue weighted by Gasteiger charge is -2.30. The summed E-state index contributed by atoms with van der Waals surface area (Å²) in [6.07, 6.45) is 4.75. The Bertz CT molecular complexity index is 817. The number of thiophene rings is 1. The maximum absolute atomic E-state index is 12.1. The molecule has 1 aliphatic heterocycles. The summed E-state index contributed by atoms with van der Waals surface area (Å²) >= 11 is 3.16. The molecule has 148 valence electrons. The van der Waals surface area contributed by atoms with Crippen molar-refractivity contribution in [1.82, 2.24) is 9.97 Å². The minimum atomic E-state index is -0.190. The number of hydrogen-bond donors (Lipinski definition) is 0. The molecule has 0 spiro atoms. The van der Waals surface area contributed by atoms with E-state index in [4.69, 9.17) is 19.4 Å². The zero-order valence-electron chi connectivity index (χ0n) is 16.6. The van der Waals surface area contributed by atoms with Crippen molar-refractivity contribution in [2.45, 2.75) is 77.0 Å². The quantitative estimate of drug-likeness (QED) is 0.267. The van der Waals surface area contributed by atoms with E-state index >= 15 is 0 Å². The largest absolute Gasteiger partial charge is 0.465 e. The van der Waals surface area contributed by atoms with E-state index in [9.17, 15) is 4.79 Å². The zero-order chi connectivity index (χ0) is 19.4. The molecule has 2 aromatic heterocycles. The number of carbonyl (C=O) groups is 1. The van der Waals surface area contributed by atoms with Crippen LogP contribution in [-0.2, 0) is 33.7 Å². The summed E-state index contributed by atoms with van der Waals surface area (Å²) in [6, 6.07) is 0. The lowest BCUT2D eigenvalue weighted by atomic mass is 9.95. The lowest BCUT2D eigenvalue weighted by molar-refractivity contribution is -0.140. The maximum Gasteiger partial charge on any atom is 0.316 e. The van der Waals surface area contributed by atoms with Gasteiger partial charge < -0.3 is 9.47 Å². The molecular weight excluding hydrogens is 380 g/mol. The van der Waals surface area contributed by atoms with Gasteiger partial charge in [-0.1, -0.05) is 38.5 Å². The first-order valence-electron chi connectivity index (χ1n) is 9.67. The van der Waals surface area contributed by atoms with Crippen molar-refractivity contribution in [2.24, 2.45) is 0 Å². The van der Waals surface area contributed by atoms with Gasteiger partial charge in [-0.15, -0.1) is 11.3 Å². The van der Waals surface area contributed by atoms with Gasteiger partial charge in [0.1, 0.15) is 15.7 Å². The molecule has 2 aromatic rings. The average molecular weight is 409 g/mol. The van der Waals surface area contributed by atoms with Crippen LogP contribution in [0.15, 0.2) is 5.03 Å². The fourth-order valence-corrected chi connectivity index (χ4v) is 5.18. The van der Waals surface area contributed by atoms with E-state index in [2.05, 4.69) is 27.7 Å². The molecule has 0 bridgehead atoms. The number of rotatable bonds is 8. The van der Waals surface area contributed by atoms with Gasteiger partial charge in [-0.05, 0) is 25.8 Å². The third-order valence-electron chi connectivity index (χ3n) is 4.60. The van der Waals surface area contributed by atoms with Crippen LogP contribution in [0.5, 0.6) is 0 Å². The molecule has 3 heterocycles. The number of thioether (sulfide) groups is 1. The lowest BCUT2D eigenvalue weighted by Crippen LogP contribution is -2.31. The highest BCUT2D eigenvalue weighted by Gasteiger charge is 2.31. The van der Waals surface area contributed by atoms with Crippen molar-refractivity contribution in [3.05, 3.63) is 16.3 Å². The molecule has 0 aromatic carbocycles. The average Bonchev–Trinajstić information content (AvgIpc) is 2.99. The van der Waals surface area contributed by atoms with Crippen LogP contribution in [0.1, 0.15) is 63.2 Å². The summed E-state index contributed by atoms with van der Waals surface area (Å²) in [5.41, 5.74) is 1.10. The Morgan fingerprint density at radius 1 is 1.30 bits per heavy atom. The number of fused-ring (bicyclic) bond motifs is 3. The minimum Gasteiger partial charge on any atom is -0.465 e. The summed E-state index contributed by atoms with van der Waals surface area (Å²) in [6.45, 7) is 9.54. The van der Waals surface area contributed by atoms with E-state index in [0.29, 0.717) is 13.2 Å². The molecule has 5 nitrogen and oxygen atoms in total. The zero-order valence-corrected chi connectivity index (χ0v) is 18.2. The summed E-state index contributed by atoms with van der Waals surface area (Å²) < 4.78 is 11.3. The second-order valence-electron chi connectivity index (χ2n) is 7.42. The maximum atomic E-state index is 12.1. The van der Waals surface area contributed by atoms with Crippen LogP contribution in [-0.4, -0.2) is 33.9 Å². The van der Waals surface area contributed by atoms with Crippen LogP contribution >= 0.6 is 23.1 Å². The Kier molecular flexibility index (Phi) is 6.76. The molecule has 0 amide bonds.